The molecule has 0 amide bonds. The Balaban J connectivity index is 1.98. The van der Waals surface area contributed by atoms with Gasteiger partial charge in [-0.05, 0) is 36.6 Å². The van der Waals surface area contributed by atoms with Gasteiger partial charge in [0.1, 0.15) is 0 Å². The summed E-state index contributed by atoms with van der Waals surface area (Å²) in [5.41, 5.74) is 2.85. The number of hydrogen-bond donors (Lipinski definition) is 1. The Hall–Kier alpha value is -1.66. The molecule has 1 aromatic heterocycles. The molecule has 1 saturated carbocycles. The molecule has 0 spiro atoms. The molecule has 0 atom stereocenters. The Labute approximate surface area is 143 Å². The zero-order chi connectivity index (χ0) is 17.2. The maximum absolute atomic E-state index is 11.6. The average molecular weight is 348 g/mol. The highest BCUT2D eigenvalue weighted by molar-refractivity contribution is 7.90. The molecule has 1 heterocycles. The van der Waals surface area contributed by atoms with Crippen LogP contribution in [0.25, 0.3) is 11.3 Å². The van der Waals surface area contributed by atoms with E-state index in [0.29, 0.717) is 17.4 Å². The summed E-state index contributed by atoms with van der Waals surface area (Å²) in [6.45, 7) is 0.0775. The standard InChI is InChI=1S/C18H24N2O3S/c1-24(22,23)17-9-7-14(8-10-17)18-13-15(11-12-21)19-20(18)16-5-3-2-4-6-16/h7-10,13,16,21H,2-6,11-12H2,1H3. The molecule has 6 heteroatoms. The maximum atomic E-state index is 11.6. The highest BCUT2D eigenvalue weighted by Gasteiger charge is 2.21. The second kappa shape index (κ2) is 7.07. The van der Waals surface area contributed by atoms with Crippen LogP contribution in [0.3, 0.4) is 0 Å². The van der Waals surface area contributed by atoms with Crippen molar-refractivity contribution in [2.45, 2.75) is 49.5 Å². The number of aliphatic hydroxyl groups is 1. The highest BCUT2D eigenvalue weighted by atomic mass is 32.2. The van der Waals surface area contributed by atoms with Gasteiger partial charge >= 0.3 is 0 Å². The van der Waals surface area contributed by atoms with E-state index in [1.54, 1.807) is 12.1 Å². The second-order valence-electron chi connectivity index (χ2n) is 6.53. The van der Waals surface area contributed by atoms with E-state index >= 15 is 0 Å². The van der Waals surface area contributed by atoms with Gasteiger partial charge in [0.25, 0.3) is 0 Å². The minimum Gasteiger partial charge on any atom is -0.396 e. The summed E-state index contributed by atoms with van der Waals surface area (Å²) in [7, 11) is -3.19. The minimum atomic E-state index is -3.19. The van der Waals surface area contributed by atoms with E-state index in [1.807, 2.05) is 18.2 Å². The Kier molecular flexibility index (Phi) is 5.06. The van der Waals surface area contributed by atoms with Crippen molar-refractivity contribution in [1.29, 1.82) is 0 Å². The van der Waals surface area contributed by atoms with Crippen LogP contribution in [-0.4, -0.2) is 36.2 Å². The Morgan fingerprint density at radius 2 is 1.83 bits per heavy atom. The van der Waals surface area contributed by atoms with Crippen LogP contribution >= 0.6 is 0 Å². The van der Waals surface area contributed by atoms with E-state index in [1.165, 1.54) is 25.5 Å². The topological polar surface area (TPSA) is 72.2 Å². The first-order valence-electron chi connectivity index (χ1n) is 8.49. The summed E-state index contributed by atoms with van der Waals surface area (Å²) in [6, 6.07) is 9.38. The van der Waals surface area contributed by atoms with Crippen LogP contribution < -0.4 is 0 Å². The smallest absolute Gasteiger partial charge is 0.175 e. The summed E-state index contributed by atoms with van der Waals surface area (Å²) in [6.07, 6.45) is 7.70. The maximum Gasteiger partial charge on any atom is 0.175 e. The zero-order valence-electron chi connectivity index (χ0n) is 14.0. The van der Waals surface area contributed by atoms with Crippen LogP contribution in [-0.2, 0) is 16.3 Å². The molecule has 0 radical (unpaired) electrons. The van der Waals surface area contributed by atoms with Crippen molar-refractivity contribution in [3.8, 4) is 11.3 Å². The quantitative estimate of drug-likeness (QED) is 0.901. The van der Waals surface area contributed by atoms with Gasteiger partial charge in [-0.2, -0.15) is 5.10 Å². The van der Waals surface area contributed by atoms with Crippen LogP contribution in [0, 0.1) is 0 Å². The van der Waals surface area contributed by atoms with Gasteiger partial charge in [-0.25, -0.2) is 8.42 Å². The number of benzene rings is 1. The van der Waals surface area contributed by atoms with Gasteiger partial charge < -0.3 is 5.11 Å². The van der Waals surface area contributed by atoms with Crippen molar-refractivity contribution in [3.63, 3.8) is 0 Å². The average Bonchev–Trinajstić information content (AvgIpc) is 2.99. The Bertz CT molecular complexity index is 788. The highest BCUT2D eigenvalue weighted by Crippen LogP contribution is 2.33. The number of sulfone groups is 1. The number of nitrogens with zero attached hydrogens (tertiary/aromatic N) is 2. The lowest BCUT2D eigenvalue weighted by Crippen LogP contribution is -2.15. The number of rotatable bonds is 5. The van der Waals surface area contributed by atoms with Crippen molar-refractivity contribution in [1.82, 2.24) is 9.78 Å². The molecule has 130 valence electrons. The van der Waals surface area contributed by atoms with Crippen LogP contribution in [0.2, 0.25) is 0 Å². The first kappa shape index (κ1) is 17.2. The molecule has 1 aromatic carbocycles. The van der Waals surface area contributed by atoms with Crippen molar-refractivity contribution in [2.75, 3.05) is 12.9 Å². The monoisotopic (exact) mass is 348 g/mol. The summed E-state index contributed by atoms with van der Waals surface area (Å²) in [4.78, 5) is 0.325. The molecule has 0 aliphatic heterocycles. The van der Waals surface area contributed by atoms with Crippen molar-refractivity contribution in [3.05, 3.63) is 36.0 Å². The fourth-order valence-electron chi connectivity index (χ4n) is 3.37. The largest absolute Gasteiger partial charge is 0.396 e. The summed E-state index contributed by atoms with van der Waals surface area (Å²) in [5, 5.41) is 13.9. The Morgan fingerprint density at radius 1 is 1.17 bits per heavy atom. The second-order valence-corrected chi connectivity index (χ2v) is 8.54. The van der Waals surface area contributed by atoms with Crippen molar-refractivity contribution >= 4 is 9.84 Å². The zero-order valence-corrected chi connectivity index (χ0v) is 14.8. The molecule has 0 bridgehead atoms. The molecule has 0 saturated heterocycles. The van der Waals surface area contributed by atoms with Crippen LogP contribution in [0.1, 0.15) is 43.8 Å². The van der Waals surface area contributed by atoms with Gasteiger partial charge in [0.15, 0.2) is 9.84 Å². The number of aliphatic hydroxyl groups excluding tert-OH is 1. The molecule has 3 rings (SSSR count). The van der Waals surface area contributed by atoms with Gasteiger partial charge in [0.05, 0.1) is 22.3 Å². The molecular weight excluding hydrogens is 324 g/mol. The lowest BCUT2D eigenvalue weighted by Gasteiger charge is -2.24. The van der Waals surface area contributed by atoms with Gasteiger partial charge in [0.2, 0.25) is 0 Å². The van der Waals surface area contributed by atoms with Gasteiger partial charge in [-0.15, -0.1) is 0 Å². The van der Waals surface area contributed by atoms with Crippen molar-refractivity contribution < 1.29 is 13.5 Å². The lowest BCUT2D eigenvalue weighted by atomic mass is 9.95. The van der Waals surface area contributed by atoms with Gasteiger partial charge in [-0.3, -0.25) is 4.68 Å². The van der Waals surface area contributed by atoms with E-state index in [-0.39, 0.29) is 6.61 Å². The SMILES string of the molecule is CS(=O)(=O)c1ccc(-c2cc(CCO)nn2C2CCCCC2)cc1. The molecule has 5 nitrogen and oxygen atoms in total. The Morgan fingerprint density at radius 3 is 2.42 bits per heavy atom. The van der Waals surface area contributed by atoms with E-state index in [0.717, 1.165) is 29.8 Å². The van der Waals surface area contributed by atoms with Crippen LogP contribution in [0.15, 0.2) is 35.2 Å². The third-order valence-electron chi connectivity index (χ3n) is 4.65. The molecule has 1 N–H and O–H groups in total. The first-order chi connectivity index (χ1) is 11.5. The van der Waals surface area contributed by atoms with Gasteiger partial charge in [0, 0.05) is 19.3 Å². The first-order valence-corrected chi connectivity index (χ1v) is 10.4. The van der Waals surface area contributed by atoms with E-state index in [2.05, 4.69) is 4.68 Å². The number of aromatic nitrogens is 2. The van der Waals surface area contributed by atoms with Gasteiger partial charge in [-0.1, -0.05) is 31.4 Å². The third kappa shape index (κ3) is 3.70. The lowest BCUT2D eigenvalue weighted by molar-refractivity contribution is 0.295. The van der Waals surface area contributed by atoms with E-state index in [9.17, 15) is 13.5 Å². The molecular formula is C18H24N2O3S. The molecule has 1 fully saturated rings. The van der Waals surface area contributed by atoms with Crippen LogP contribution in [0.5, 0.6) is 0 Å². The predicted octanol–water partition coefficient (Wildman–Crippen LogP) is 2.99. The minimum absolute atomic E-state index is 0.0775. The van der Waals surface area contributed by atoms with Crippen LogP contribution in [0.4, 0.5) is 0 Å². The molecule has 2 aromatic rings. The van der Waals surface area contributed by atoms with E-state index < -0.39 is 9.84 Å². The van der Waals surface area contributed by atoms with E-state index in [4.69, 9.17) is 5.10 Å². The summed E-state index contributed by atoms with van der Waals surface area (Å²) >= 11 is 0. The number of hydrogen-bond acceptors (Lipinski definition) is 4. The fraction of sp³-hybridized carbons (Fsp3) is 0.500. The molecule has 1 aliphatic rings. The predicted molar refractivity (Wildman–Crippen MR) is 93.7 cm³/mol. The normalized spacial score (nSPS) is 16.4. The summed E-state index contributed by atoms with van der Waals surface area (Å²) in [5.74, 6) is 0. The fourth-order valence-corrected chi connectivity index (χ4v) is 4.00. The summed E-state index contributed by atoms with van der Waals surface area (Å²) < 4.78 is 25.4. The van der Waals surface area contributed by atoms with Crippen molar-refractivity contribution in [2.24, 2.45) is 0 Å². The third-order valence-corrected chi connectivity index (χ3v) is 5.78. The molecule has 0 unspecified atom stereocenters. The molecule has 1 aliphatic carbocycles. The molecule has 24 heavy (non-hydrogen) atoms.